The largest absolute Gasteiger partial charge is 0.355 e. The molecule has 1 atom stereocenters. The van der Waals surface area contributed by atoms with E-state index in [9.17, 15) is 9.18 Å². The van der Waals surface area contributed by atoms with Crippen molar-refractivity contribution in [2.75, 3.05) is 14.1 Å². The summed E-state index contributed by atoms with van der Waals surface area (Å²) in [6.45, 7) is 1.96. The van der Waals surface area contributed by atoms with Gasteiger partial charge in [-0.2, -0.15) is 0 Å². The van der Waals surface area contributed by atoms with Crippen molar-refractivity contribution in [3.8, 4) is 0 Å². The number of aromatic nitrogens is 1. The number of H-pyrrole nitrogens is 1. The zero-order valence-corrected chi connectivity index (χ0v) is 10.6. The molecule has 1 unspecified atom stereocenters. The predicted molar refractivity (Wildman–Crippen MR) is 69.4 cm³/mol. The van der Waals surface area contributed by atoms with Crippen LogP contribution in [0.2, 0.25) is 0 Å². The van der Waals surface area contributed by atoms with Crippen LogP contribution in [0.5, 0.6) is 0 Å². The molecule has 1 aliphatic heterocycles. The van der Waals surface area contributed by atoms with E-state index in [-0.39, 0.29) is 6.17 Å². The molecule has 2 rings (SSSR count). The van der Waals surface area contributed by atoms with E-state index in [0.29, 0.717) is 5.56 Å². The third-order valence-corrected chi connectivity index (χ3v) is 3.10. The van der Waals surface area contributed by atoms with Crippen LogP contribution >= 0.6 is 0 Å². The van der Waals surface area contributed by atoms with E-state index in [4.69, 9.17) is 0 Å². The Hall–Kier alpha value is -1.88. The van der Waals surface area contributed by atoms with Crippen molar-refractivity contribution in [2.24, 2.45) is 0 Å². The van der Waals surface area contributed by atoms with Gasteiger partial charge in [-0.05, 0) is 31.7 Å². The second-order valence-electron chi connectivity index (χ2n) is 4.30. The molecular weight excluding hydrogens is 233 g/mol. The van der Waals surface area contributed by atoms with Crippen LogP contribution in [0.25, 0.3) is 5.70 Å². The number of nitrogens with one attached hydrogen (secondary N) is 2. The van der Waals surface area contributed by atoms with E-state index in [1.54, 1.807) is 0 Å². The third-order valence-electron chi connectivity index (χ3n) is 3.10. The molecule has 0 radical (unpaired) electrons. The van der Waals surface area contributed by atoms with Crippen molar-refractivity contribution in [3.05, 3.63) is 51.7 Å². The zero-order valence-electron chi connectivity index (χ0n) is 10.6. The molecule has 5 heteroatoms. The molecule has 1 aromatic heterocycles. The lowest BCUT2D eigenvalue weighted by molar-refractivity contribution is 0.358. The van der Waals surface area contributed by atoms with Crippen LogP contribution in [0.1, 0.15) is 12.5 Å². The first-order valence-electron chi connectivity index (χ1n) is 5.72. The molecule has 0 fully saturated rings. The van der Waals surface area contributed by atoms with E-state index in [2.05, 4.69) is 10.3 Å². The van der Waals surface area contributed by atoms with Gasteiger partial charge in [0.1, 0.15) is 0 Å². The summed E-state index contributed by atoms with van der Waals surface area (Å²) in [7, 11) is 3.78. The molecule has 96 valence electrons. The normalized spacial score (nSPS) is 19.6. The summed E-state index contributed by atoms with van der Waals surface area (Å²) in [6, 6.07) is 1.26. The number of hydrogen-bond donors (Lipinski definition) is 2. The van der Waals surface area contributed by atoms with Crippen LogP contribution in [0.3, 0.4) is 0 Å². The average Bonchev–Trinajstić information content (AvgIpc) is 2.34. The fraction of sp³-hybridized carbons (Fsp3) is 0.308. The number of aromatic amines is 1. The number of rotatable bonds is 2. The predicted octanol–water partition coefficient (Wildman–Crippen LogP) is 1.29. The lowest BCUT2D eigenvalue weighted by atomic mass is 10.0. The standard InChI is InChI=1S/C13H16FN3O/c1-8-4-5-11(15-2)17(3)12(8)9-6-10(14)13(18)16-7-9/h4-7,11,15H,1-3H3,(H,16,18). The molecule has 0 saturated heterocycles. The smallest absolute Gasteiger partial charge is 0.283 e. The Bertz CT molecular complexity index is 574. The number of nitrogens with zero attached hydrogens (tertiary/aromatic N) is 1. The van der Waals surface area contributed by atoms with Crippen LogP contribution in [-0.2, 0) is 0 Å². The Morgan fingerprint density at radius 3 is 2.83 bits per heavy atom. The number of halogens is 1. The first kappa shape index (κ1) is 12.6. The van der Waals surface area contributed by atoms with Gasteiger partial charge in [-0.15, -0.1) is 0 Å². The first-order valence-corrected chi connectivity index (χ1v) is 5.72. The molecule has 0 amide bonds. The highest BCUT2D eigenvalue weighted by molar-refractivity contribution is 5.70. The molecule has 0 spiro atoms. The monoisotopic (exact) mass is 249 g/mol. The Morgan fingerprint density at radius 2 is 2.22 bits per heavy atom. The average molecular weight is 249 g/mol. The van der Waals surface area contributed by atoms with Gasteiger partial charge < -0.3 is 9.88 Å². The van der Waals surface area contributed by atoms with Gasteiger partial charge in [0.05, 0.1) is 6.17 Å². The Kier molecular flexibility index (Phi) is 3.34. The molecule has 2 N–H and O–H groups in total. The van der Waals surface area contributed by atoms with Gasteiger partial charge in [0.15, 0.2) is 5.82 Å². The summed E-state index contributed by atoms with van der Waals surface area (Å²) < 4.78 is 13.3. The molecule has 18 heavy (non-hydrogen) atoms. The molecule has 2 heterocycles. The molecule has 0 aromatic carbocycles. The molecular formula is C13H16FN3O. The second kappa shape index (κ2) is 4.78. The minimum absolute atomic E-state index is 0.0543. The van der Waals surface area contributed by atoms with Crippen molar-refractivity contribution in [2.45, 2.75) is 13.1 Å². The maximum atomic E-state index is 13.3. The van der Waals surface area contributed by atoms with Gasteiger partial charge in [-0.25, -0.2) is 4.39 Å². The molecule has 0 bridgehead atoms. The van der Waals surface area contributed by atoms with Crippen LogP contribution in [-0.4, -0.2) is 30.1 Å². The van der Waals surface area contributed by atoms with Gasteiger partial charge in [0.2, 0.25) is 0 Å². The highest BCUT2D eigenvalue weighted by Crippen LogP contribution is 2.27. The topological polar surface area (TPSA) is 48.1 Å². The van der Waals surface area contributed by atoms with Crippen molar-refractivity contribution in [1.29, 1.82) is 0 Å². The van der Waals surface area contributed by atoms with Crippen LogP contribution in [0.4, 0.5) is 4.39 Å². The van der Waals surface area contributed by atoms with E-state index in [1.807, 2.05) is 38.1 Å². The fourth-order valence-electron chi connectivity index (χ4n) is 2.17. The lowest BCUT2D eigenvalue weighted by Crippen LogP contribution is -2.40. The van der Waals surface area contributed by atoms with Crippen molar-refractivity contribution in [3.63, 3.8) is 0 Å². The van der Waals surface area contributed by atoms with Gasteiger partial charge in [-0.3, -0.25) is 10.1 Å². The molecule has 1 aromatic rings. The fourth-order valence-corrected chi connectivity index (χ4v) is 2.17. The molecule has 0 aliphatic carbocycles. The zero-order chi connectivity index (χ0) is 13.3. The summed E-state index contributed by atoms with van der Waals surface area (Å²) in [4.78, 5) is 15.5. The van der Waals surface area contributed by atoms with Gasteiger partial charge in [0, 0.05) is 24.5 Å². The van der Waals surface area contributed by atoms with E-state index >= 15 is 0 Å². The van der Waals surface area contributed by atoms with Gasteiger partial charge >= 0.3 is 0 Å². The van der Waals surface area contributed by atoms with E-state index in [1.165, 1.54) is 12.3 Å². The van der Waals surface area contributed by atoms with Gasteiger partial charge in [0.25, 0.3) is 5.56 Å². The number of pyridine rings is 1. The Morgan fingerprint density at radius 1 is 1.50 bits per heavy atom. The maximum absolute atomic E-state index is 13.3. The van der Waals surface area contributed by atoms with Crippen LogP contribution < -0.4 is 10.9 Å². The van der Waals surface area contributed by atoms with Gasteiger partial charge in [-0.1, -0.05) is 6.08 Å². The minimum atomic E-state index is -0.767. The van der Waals surface area contributed by atoms with Crippen LogP contribution in [0, 0.1) is 5.82 Å². The Labute approximate surface area is 105 Å². The minimum Gasteiger partial charge on any atom is -0.355 e. The maximum Gasteiger partial charge on any atom is 0.283 e. The highest BCUT2D eigenvalue weighted by Gasteiger charge is 2.20. The van der Waals surface area contributed by atoms with E-state index in [0.717, 1.165) is 11.3 Å². The highest BCUT2D eigenvalue weighted by atomic mass is 19.1. The molecule has 1 aliphatic rings. The SMILES string of the molecule is CNC1C=CC(C)=C(c2c[nH]c(=O)c(F)c2)N1C. The number of hydrogen-bond acceptors (Lipinski definition) is 3. The third kappa shape index (κ3) is 2.09. The molecule has 0 saturated carbocycles. The van der Waals surface area contributed by atoms with Crippen molar-refractivity contribution < 1.29 is 4.39 Å². The number of allylic oxidation sites excluding steroid dienone is 2. The summed E-state index contributed by atoms with van der Waals surface area (Å²) in [6.07, 6.45) is 5.60. The summed E-state index contributed by atoms with van der Waals surface area (Å²) >= 11 is 0. The quantitative estimate of drug-likeness (QED) is 0.830. The summed E-state index contributed by atoms with van der Waals surface area (Å²) in [5, 5.41) is 3.14. The summed E-state index contributed by atoms with van der Waals surface area (Å²) in [5.74, 6) is -0.767. The second-order valence-corrected chi connectivity index (χ2v) is 4.30. The van der Waals surface area contributed by atoms with Crippen molar-refractivity contribution in [1.82, 2.24) is 15.2 Å². The van der Waals surface area contributed by atoms with Crippen LogP contribution in [0.15, 0.2) is 34.8 Å². The summed E-state index contributed by atoms with van der Waals surface area (Å²) in [5.41, 5.74) is 1.88. The molecule has 4 nitrogen and oxygen atoms in total. The first-order chi connectivity index (χ1) is 8.54. The van der Waals surface area contributed by atoms with Crippen molar-refractivity contribution >= 4 is 5.70 Å². The lowest BCUT2D eigenvalue weighted by Gasteiger charge is -2.33. The van der Waals surface area contributed by atoms with E-state index < -0.39 is 11.4 Å². The Balaban J connectivity index is 2.50. The number of likely N-dealkylation sites (N-methyl/N-ethyl adjacent to an activating group) is 2.